The highest BCUT2D eigenvalue weighted by Gasteiger charge is 2.27. The van der Waals surface area contributed by atoms with Crippen molar-refractivity contribution in [1.29, 1.82) is 0 Å². The molecule has 2 rings (SSSR count). The molecule has 0 aliphatic carbocycles. The Bertz CT molecular complexity index is 484. The minimum atomic E-state index is -0.462. The van der Waals surface area contributed by atoms with E-state index in [0.717, 1.165) is 31.7 Å². The lowest BCUT2D eigenvalue weighted by Gasteiger charge is -2.36. The van der Waals surface area contributed by atoms with Gasteiger partial charge in [0.25, 0.3) is 0 Å². The molecule has 5 heteroatoms. The molecular weight excluding hydrogens is 278 g/mol. The van der Waals surface area contributed by atoms with Gasteiger partial charge in [-0.3, -0.25) is 0 Å². The molecule has 2 atom stereocenters. The van der Waals surface area contributed by atoms with Gasteiger partial charge in [0.15, 0.2) is 0 Å². The third-order valence-electron chi connectivity index (χ3n) is 3.88. The standard InChI is InChI=1S/C17H27N3O2/c1-13(19-16(21)22-17(2,3)4)14-8-7-11-20(12-14)15-9-5-6-10-18-15/h5-6,9-10,13-14H,7-8,11-12H2,1-4H3,(H,19,21)/t13-,14-/m0/s1. The van der Waals surface area contributed by atoms with Crippen LogP contribution in [-0.4, -0.2) is 35.8 Å². The van der Waals surface area contributed by atoms with Crippen LogP contribution in [0.4, 0.5) is 10.6 Å². The van der Waals surface area contributed by atoms with E-state index in [2.05, 4.69) is 22.1 Å². The Morgan fingerprint density at radius 1 is 1.45 bits per heavy atom. The SMILES string of the molecule is C[C@H](NC(=O)OC(C)(C)C)[C@H]1CCCN(c2ccccn2)C1. The zero-order chi connectivity index (χ0) is 16.2. The van der Waals surface area contributed by atoms with Crippen LogP contribution in [0.15, 0.2) is 24.4 Å². The molecule has 1 aromatic rings. The molecule has 1 aliphatic rings. The number of ether oxygens (including phenoxy) is 1. The average molecular weight is 305 g/mol. The first-order valence-corrected chi connectivity index (χ1v) is 8.00. The van der Waals surface area contributed by atoms with Crippen molar-refractivity contribution in [3.8, 4) is 0 Å². The maximum atomic E-state index is 11.9. The van der Waals surface area contributed by atoms with Gasteiger partial charge in [0, 0.05) is 25.3 Å². The number of amides is 1. The number of alkyl carbamates (subject to hydrolysis) is 1. The van der Waals surface area contributed by atoms with Crippen molar-refractivity contribution < 1.29 is 9.53 Å². The van der Waals surface area contributed by atoms with Crippen LogP contribution in [0.5, 0.6) is 0 Å². The molecule has 1 amide bonds. The highest BCUT2D eigenvalue weighted by Crippen LogP contribution is 2.23. The number of carbonyl (C=O) groups excluding carboxylic acids is 1. The second kappa shape index (κ2) is 6.99. The van der Waals surface area contributed by atoms with Gasteiger partial charge in [0.2, 0.25) is 0 Å². The summed E-state index contributed by atoms with van der Waals surface area (Å²) in [5.41, 5.74) is -0.462. The number of nitrogens with one attached hydrogen (secondary N) is 1. The van der Waals surface area contributed by atoms with Gasteiger partial charge in [-0.1, -0.05) is 6.07 Å². The fourth-order valence-electron chi connectivity index (χ4n) is 2.78. The van der Waals surface area contributed by atoms with Gasteiger partial charge in [-0.15, -0.1) is 0 Å². The Hall–Kier alpha value is -1.78. The summed E-state index contributed by atoms with van der Waals surface area (Å²) in [7, 11) is 0. The van der Waals surface area contributed by atoms with Crippen LogP contribution in [0.1, 0.15) is 40.5 Å². The lowest BCUT2D eigenvalue weighted by molar-refractivity contribution is 0.0489. The number of anilines is 1. The smallest absolute Gasteiger partial charge is 0.407 e. The van der Waals surface area contributed by atoms with Crippen LogP contribution in [0.3, 0.4) is 0 Å². The minimum absolute atomic E-state index is 0.0846. The summed E-state index contributed by atoms with van der Waals surface area (Å²) in [5.74, 6) is 1.42. The highest BCUT2D eigenvalue weighted by atomic mass is 16.6. The molecule has 1 aromatic heterocycles. The van der Waals surface area contributed by atoms with Gasteiger partial charge < -0.3 is 15.0 Å². The number of hydrogen-bond acceptors (Lipinski definition) is 4. The van der Waals surface area contributed by atoms with Gasteiger partial charge in [0.05, 0.1) is 0 Å². The Morgan fingerprint density at radius 2 is 2.23 bits per heavy atom. The van der Waals surface area contributed by atoms with Crippen molar-refractivity contribution in [2.24, 2.45) is 5.92 Å². The Balaban J connectivity index is 1.90. The minimum Gasteiger partial charge on any atom is -0.444 e. The highest BCUT2D eigenvalue weighted by molar-refractivity contribution is 5.68. The number of hydrogen-bond donors (Lipinski definition) is 1. The maximum absolute atomic E-state index is 11.9. The van der Waals surface area contributed by atoms with Gasteiger partial charge >= 0.3 is 6.09 Å². The lowest BCUT2D eigenvalue weighted by atomic mass is 9.91. The molecule has 5 nitrogen and oxygen atoms in total. The second-order valence-electron chi connectivity index (χ2n) is 6.97. The summed E-state index contributed by atoms with van der Waals surface area (Å²) in [6.45, 7) is 9.61. The zero-order valence-electron chi connectivity index (χ0n) is 14.0. The molecule has 0 aromatic carbocycles. The van der Waals surface area contributed by atoms with E-state index >= 15 is 0 Å². The van der Waals surface area contributed by atoms with E-state index in [-0.39, 0.29) is 12.1 Å². The van der Waals surface area contributed by atoms with E-state index in [1.54, 1.807) is 0 Å². The number of piperidine rings is 1. The number of rotatable bonds is 3. The summed E-state index contributed by atoms with van der Waals surface area (Å²) >= 11 is 0. The molecule has 0 saturated carbocycles. The number of pyridine rings is 1. The summed E-state index contributed by atoms with van der Waals surface area (Å²) in [6.07, 6.45) is 3.71. The predicted octanol–water partition coefficient (Wildman–Crippen LogP) is 3.21. The van der Waals surface area contributed by atoms with E-state index in [0.29, 0.717) is 5.92 Å². The molecule has 1 N–H and O–H groups in total. The molecule has 1 saturated heterocycles. The molecular formula is C17H27N3O2. The second-order valence-corrected chi connectivity index (χ2v) is 6.97. The molecule has 1 fully saturated rings. The Kier molecular flexibility index (Phi) is 5.27. The first kappa shape index (κ1) is 16.6. The quantitative estimate of drug-likeness (QED) is 0.931. The molecule has 122 valence electrons. The topological polar surface area (TPSA) is 54.5 Å². The van der Waals surface area contributed by atoms with Crippen molar-refractivity contribution in [2.45, 2.75) is 52.2 Å². The zero-order valence-corrected chi connectivity index (χ0v) is 14.0. The van der Waals surface area contributed by atoms with Crippen molar-refractivity contribution in [3.05, 3.63) is 24.4 Å². The van der Waals surface area contributed by atoms with Crippen LogP contribution in [0.2, 0.25) is 0 Å². The summed E-state index contributed by atoms with van der Waals surface area (Å²) in [5, 5.41) is 2.97. The van der Waals surface area contributed by atoms with E-state index in [9.17, 15) is 4.79 Å². The van der Waals surface area contributed by atoms with Gasteiger partial charge in [0.1, 0.15) is 11.4 Å². The molecule has 0 radical (unpaired) electrons. The van der Waals surface area contributed by atoms with E-state index in [4.69, 9.17) is 4.74 Å². The third-order valence-corrected chi connectivity index (χ3v) is 3.88. The molecule has 1 aliphatic heterocycles. The van der Waals surface area contributed by atoms with E-state index < -0.39 is 5.60 Å². The van der Waals surface area contributed by atoms with Gasteiger partial charge in [-0.05, 0) is 58.6 Å². The summed E-state index contributed by atoms with van der Waals surface area (Å²) < 4.78 is 5.33. The molecule has 22 heavy (non-hydrogen) atoms. The van der Waals surface area contributed by atoms with E-state index in [1.807, 2.05) is 45.2 Å². The van der Waals surface area contributed by atoms with Crippen LogP contribution in [-0.2, 0) is 4.74 Å². The number of aromatic nitrogens is 1. The number of nitrogens with zero attached hydrogens (tertiary/aromatic N) is 2. The third kappa shape index (κ3) is 4.90. The lowest BCUT2D eigenvalue weighted by Crippen LogP contribution is -2.47. The van der Waals surface area contributed by atoms with Crippen molar-refractivity contribution in [3.63, 3.8) is 0 Å². The molecule has 0 spiro atoms. The Labute approximate surface area is 133 Å². The van der Waals surface area contributed by atoms with Crippen molar-refractivity contribution in [1.82, 2.24) is 10.3 Å². The first-order valence-electron chi connectivity index (χ1n) is 8.00. The van der Waals surface area contributed by atoms with Crippen LogP contribution in [0.25, 0.3) is 0 Å². The molecule has 0 bridgehead atoms. The summed E-state index contributed by atoms with van der Waals surface area (Å²) in [6, 6.07) is 6.06. The van der Waals surface area contributed by atoms with Crippen molar-refractivity contribution in [2.75, 3.05) is 18.0 Å². The first-order chi connectivity index (χ1) is 10.3. The fourth-order valence-corrected chi connectivity index (χ4v) is 2.78. The Morgan fingerprint density at radius 3 is 2.86 bits per heavy atom. The monoisotopic (exact) mass is 305 g/mol. The average Bonchev–Trinajstić information content (AvgIpc) is 2.46. The number of carbonyl (C=O) groups is 1. The molecule has 2 heterocycles. The normalized spacial score (nSPS) is 20.4. The predicted molar refractivity (Wildman–Crippen MR) is 88.0 cm³/mol. The van der Waals surface area contributed by atoms with Gasteiger partial charge in [-0.2, -0.15) is 0 Å². The van der Waals surface area contributed by atoms with Crippen molar-refractivity contribution >= 4 is 11.9 Å². The maximum Gasteiger partial charge on any atom is 0.407 e. The van der Waals surface area contributed by atoms with Crippen LogP contribution in [0, 0.1) is 5.92 Å². The molecule has 0 unspecified atom stereocenters. The van der Waals surface area contributed by atoms with E-state index in [1.165, 1.54) is 0 Å². The largest absolute Gasteiger partial charge is 0.444 e. The van der Waals surface area contributed by atoms with Crippen LogP contribution >= 0.6 is 0 Å². The fraction of sp³-hybridized carbons (Fsp3) is 0.647. The van der Waals surface area contributed by atoms with Gasteiger partial charge in [-0.25, -0.2) is 9.78 Å². The van der Waals surface area contributed by atoms with Crippen LogP contribution < -0.4 is 10.2 Å². The summed E-state index contributed by atoms with van der Waals surface area (Å²) in [4.78, 5) is 18.6.